The van der Waals surface area contributed by atoms with Gasteiger partial charge in [0.2, 0.25) is 0 Å². The SMILES string of the molecule is Clc1ccc(-c2cc3c4ccccc4c(-c4ccccc4)cc3c3ccccc23)c2ccccc12. The second-order valence-electron chi connectivity index (χ2n) is 9.04. The van der Waals surface area contributed by atoms with Crippen molar-refractivity contribution in [2.24, 2.45) is 0 Å². The molecular weight excluding hydrogens is 444 g/mol. The van der Waals surface area contributed by atoms with Gasteiger partial charge >= 0.3 is 0 Å². The summed E-state index contributed by atoms with van der Waals surface area (Å²) >= 11 is 6.58. The van der Waals surface area contributed by atoms with E-state index in [1.54, 1.807) is 0 Å². The Kier molecular flexibility index (Phi) is 4.62. The molecule has 35 heavy (non-hydrogen) atoms. The zero-order chi connectivity index (χ0) is 23.4. The smallest absolute Gasteiger partial charge is 0.0484 e. The Hall–Kier alpha value is -4.13. The minimum absolute atomic E-state index is 0.785. The number of hydrogen-bond acceptors (Lipinski definition) is 0. The fourth-order valence-electron chi connectivity index (χ4n) is 5.53. The lowest BCUT2D eigenvalue weighted by atomic mass is 9.87. The van der Waals surface area contributed by atoms with Gasteiger partial charge in [-0.3, -0.25) is 0 Å². The molecule has 0 bridgehead atoms. The third kappa shape index (κ3) is 3.15. The topological polar surface area (TPSA) is 0 Å². The highest BCUT2D eigenvalue weighted by Gasteiger charge is 2.15. The van der Waals surface area contributed by atoms with Crippen LogP contribution in [0.2, 0.25) is 5.02 Å². The minimum Gasteiger partial charge on any atom is -0.0837 e. The van der Waals surface area contributed by atoms with E-state index in [0.717, 1.165) is 10.4 Å². The molecule has 0 aliphatic heterocycles. The van der Waals surface area contributed by atoms with E-state index < -0.39 is 0 Å². The predicted molar refractivity (Wildman–Crippen MR) is 152 cm³/mol. The number of rotatable bonds is 2. The summed E-state index contributed by atoms with van der Waals surface area (Å²) in [4.78, 5) is 0. The van der Waals surface area contributed by atoms with Crippen LogP contribution in [0, 0.1) is 0 Å². The lowest BCUT2D eigenvalue weighted by Crippen LogP contribution is -1.90. The van der Waals surface area contributed by atoms with Crippen LogP contribution >= 0.6 is 11.6 Å². The van der Waals surface area contributed by atoms with E-state index in [4.69, 9.17) is 11.6 Å². The summed E-state index contributed by atoms with van der Waals surface area (Å²) in [6.45, 7) is 0. The molecule has 0 atom stereocenters. The van der Waals surface area contributed by atoms with Crippen molar-refractivity contribution in [3.05, 3.63) is 132 Å². The van der Waals surface area contributed by atoms with Crippen molar-refractivity contribution in [3.8, 4) is 22.3 Å². The number of fused-ring (bicyclic) bond motifs is 6. The molecule has 0 aliphatic carbocycles. The zero-order valence-corrected chi connectivity index (χ0v) is 19.8. The van der Waals surface area contributed by atoms with E-state index in [2.05, 4.69) is 121 Å². The summed E-state index contributed by atoms with van der Waals surface area (Å²) in [6.07, 6.45) is 0. The van der Waals surface area contributed by atoms with Gasteiger partial charge in [-0.1, -0.05) is 121 Å². The predicted octanol–water partition coefficient (Wildman–Crippen LogP) is 10.3. The van der Waals surface area contributed by atoms with Crippen LogP contribution in [0.25, 0.3) is 65.3 Å². The van der Waals surface area contributed by atoms with Crippen molar-refractivity contribution in [3.63, 3.8) is 0 Å². The van der Waals surface area contributed by atoms with Gasteiger partial charge < -0.3 is 0 Å². The summed E-state index contributed by atoms with van der Waals surface area (Å²) in [7, 11) is 0. The molecule has 0 N–H and O–H groups in total. The second kappa shape index (κ2) is 7.98. The number of benzene rings is 7. The Labute approximate surface area is 209 Å². The van der Waals surface area contributed by atoms with Crippen LogP contribution in [0.5, 0.6) is 0 Å². The van der Waals surface area contributed by atoms with Crippen LogP contribution < -0.4 is 0 Å². The molecule has 0 aliphatic rings. The van der Waals surface area contributed by atoms with Crippen LogP contribution in [0.1, 0.15) is 0 Å². The van der Waals surface area contributed by atoms with Crippen molar-refractivity contribution in [1.29, 1.82) is 0 Å². The number of hydrogen-bond donors (Lipinski definition) is 0. The molecule has 7 aromatic rings. The lowest BCUT2D eigenvalue weighted by molar-refractivity contribution is 1.67. The molecule has 1 heteroatoms. The average molecular weight is 465 g/mol. The van der Waals surface area contributed by atoms with Crippen LogP contribution in [0.4, 0.5) is 0 Å². The third-order valence-electron chi connectivity index (χ3n) is 7.13. The van der Waals surface area contributed by atoms with Gasteiger partial charge in [-0.25, -0.2) is 0 Å². The molecule has 0 spiro atoms. The quantitative estimate of drug-likeness (QED) is 0.223. The first-order valence-corrected chi connectivity index (χ1v) is 12.3. The van der Waals surface area contributed by atoms with Gasteiger partial charge in [0.15, 0.2) is 0 Å². The first kappa shape index (κ1) is 20.3. The molecule has 0 saturated heterocycles. The number of halogens is 1. The molecule has 164 valence electrons. The molecule has 0 fully saturated rings. The van der Waals surface area contributed by atoms with E-state index in [1.165, 1.54) is 60.0 Å². The highest BCUT2D eigenvalue weighted by Crippen LogP contribution is 2.43. The van der Waals surface area contributed by atoms with E-state index in [0.29, 0.717) is 0 Å². The van der Waals surface area contributed by atoms with Gasteiger partial charge in [-0.2, -0.15) is 0 Å². The summed E-state index contributed by atoms with van der Waals surface area (Å²) in [5.74, 6) is 0. The van der Waals surface area contributed by atoms with E-state index in [-0.39, 0.29) is 0 Å². The minimum atomic E-state index is 0.785. The summed E-state index contributed by atoms with van der Waals surface area (Å²) in [5.41, 5.74) is 4.95. The maximum absolute atomic E-state index is 6.58. The summed E-state index contributed by atoms with van der Waals surface area (Å²) in [6, 6.07) is 45.6. The van der Waals surface area contributed by atoms with Crippen LogP contribution in [0.15, 0.2) is 127 Å². The van der Waals surface area contributed by atoms with Gasteiger partial charge in [0.05, 0.1) is 0 Å². The fraction of sp³-hybridized carbons (Fsp3) is 0. The van der Waals surface area contributed by atoms with Crippen LogP contribution in [0.3, 0.4) is 0 Å². The van der Waals surface area contributed by atoms with Gasteiger partial charge in [0.25, 0.3) is 0 Å². The monoisotopic (exact) mass is 464 g/mol. The van der Waals surface area contributed by atoms with E-state index in [1.807, 2.05) is 6.07 Å². The molecule has 0 unspecified atom stereocenters. The van der Waals surface area contributed by atoms with Crippen molar-refractivity contribution in [1.82, 2.24) is 0 Å². The third-order valence-corrected chi connectivity index (χ3v) is 7.46. The van der Waals surface area contributed by atoms with Gasteiger partial charge in [0.1, 0.15) is 0 Å². The second-order valence-corrected chi connectivity index (χ2v) is 9.45. The molecule has 7 aromatic carbocycles. The Morgan fingerprint density at radius 1 is 0.314 bits per heavy atom. The highest BCUT2D eigenvalue weighted by molar-refractivity contribution is 6.36. The Morgan fingerprint density at radius 2 is 0.771 bits per heavy atom. The first-order valence-electron chi connectivity index (χ1n) is 11.9. The van der Waals surface area contributed by atoms with Gasteiger partial charge in [-0.05, 0) is 78.2 Å². The zero-order valence-electron chi connectivity index (χ0n) is 19.0. The Bertz CT molecular complexity index is 1900. The van der Waals surface area contributed by atoms with Crippen molar-refractivity contribution >= 4 is 54.7 Å². The van der Waals surface area contributed by atoms with Crippen molar-refractivity contribution in [2.45, 2.75) is 0 Å². The molecule has 0 radical (unpaired) electrons. The van der Waals surface area contributed by atoms with E-state index in [9.17, 15) is 0 Å². The first-order chi connectivity index (χ1) is 17.3. The highest BCUT2D eigenvalue weighted by atomic mass is 35.5. The average Bonchev–Trinajstić information content (AvgIpc) is 2.93. The Balaban J connectivity index is 1.67. The Morgan fingerprint density at radius 3 is 1.40 bits per heavy atom. The summed E-state index contributed by atoms with van der Waals surface area (Å²) in [5, 5.41) is 10.7. The van der Waals surface area contributed by atoms with Crippen LogP contribution in [-0.4, -0.2) is 0 Å². The maximum Gasteiger partial charge on any atom is 0.0484 e. The summed E-state index contributed by atoms with van der Waals surface area (Å²) < 4.78 is 0. The van der Waals surface area contributed by atoms with Crippen LogP contribution in [-0.2, 0) is 0 Å². The maximum atomic E-state index is 6.58. The normalized spacial score (nSPS) is 11.6. The molecule has 0 nitrogen and oxygen atoms in total. The van der Waals surface area contributed by atoms with Crippen molar-refractivity contribution < 1.29 is 0 Å². The molecular formula is C34H21Cl. The fourth-order valence-corrected chi connectivity index (χ4v) is 5.76. The standard InChI is InChI=1S/C34H21Cl/c35-34-19-18-28(23-12-8-9-17-29(23)34)31-21-33-25-14-5-4-13-24(25)30(22-10-2-1-3-11-22)20-32(33)27-16-7-6-15-26(27)31/h1-21H. The molecule has 7 rings (SSSR count). The molecule has 0 aromatic heterocycles. The van der Waals surface area contributed by atoms with E-state index >= 15 is 0 Å². The molecule has 0 amide bonds. The lowest BCUT2D eigenvalue weighted by Gasteiger charge is -2.17. The molecule has 0 saturated carbocycles. The van der Waals surface area contributed by atoms with Gasteiger partial charge in [-0.15, -0.1) is 0 Å². The van der Waals surface area contributed by atoms with Crippen molar-refractivity contribution in [2.75, 3.05) is 0 Å². The molecule has 0 heterocycles. The largest absolute Gasteiger partial charge is 0.0837 e. The van der Waals surface area contributed by atoms with Gasteiger partial charge in [0, 0.05) is 10.4 Å².